The zero-order valence-corrected chi connectivity index (χ0v) is 16.2. The van der Waals surface area contributed by atoms with Crippen LogP contribution in [0.25, 0.3) is 0 Å². The molecule has 1 aromatic carbocycles. The fourth-order valence-electron chi connectivity index (χ4n) is 4.50. The van der Waals surface area contributed by atoms with Crippen LogP contribution < -0.4 is 0 Å². The van der Waals surface area contributed by atoms with E-state index in [1.165, 1.54) is 38.5 Å². The lowest BCUT2D eigenvalue weighted by Crippen LogP contribution is -2.41. The van der Waals surface area contributed by atoms with Crippen molar-refractivity contribution in [1.29, 1.82) is 0 Å². The number of benzene rings is 1. The molecule has 2 aliphatic carbocycles. The monoisotopic (exact) mass is 356 g/mol. The number of carbonyl (C=O) groups is 2. The highest BCUT2D eigenvalue weighted by atomic mass is 16.2. The van der Waals surface area contributed by atoms with Gasteiger partial charge in [0.15, 0.2) is 0 Å². The lowest BCUT2D eigenvalue weighted by Gasteiger charge is -2.33. The number of nitrogens with zero attached hydrogens (tertiary/aromatic N) is 2. The van der Waals surface area contributed by atoms with E-state index in [4.69, 9.17) is 0 Å². The average molecular weight is 357 g/mol. The van der Waals surface area contributed by atoms with Crippen molar-refractivity contribution in [2.24, 2.45) is 0 Å². The SMILES string of the molecule is CN(C(=O)c1ccccc1C(=O)N(C)C1CCCCC1)C1CCCCC1. The lowest BCUT2D eigenvalue weighted by atomic mass is 9.93. The van der Waals surface area contributed by atoms with Gasteiger partial charge in [0.1, 0.15) is 0 Å². The third-order valence-corrected chi connectivity index (χ3v) is 6.27. The molecule has 0 aromatic heterocycles. The average Bonchev–Trinajstić information content (AvgIpc) is 2.73. The quantitative estimate of drug-likeness (QED) is 0.797. The van der Waals surface area contributed by atoms with E-state index in [2.05, 4.69) is 0 Å². The van der Waals surface area contributed by atoms with Gasteiger partial charge in [0, 0.05) is 26.2 Å². The van der Waals surface area contributed by atoms with Gasteiger partial charge in [-0.05, 0) is 37.8 Å². The number of hydrogen-bond donors (Lipinski definition) is 0. The number of rotatable bonds is 4. The van der Waals surface area contributed by atoms with E-state index in [9.17, 15) is 9.59 Å². The molecule has 4 nitrogen and oxygen atoms in total. The molecule has 142 valence electrons. The minimum absolute atomic E-state index is 0.0158. The van der Waals surface area contributed by atoms with Crippen molar-refractivity contribution in [3.63, 3.8) is 0 Å². The molecule has 0 bridgehead atoms. The summed E-state index contributed by atoms with van der Waals surface area (Å²) in [5, 5.41) is 0. The van der Waals surface area contributed by atoms with Crippen molar-refractivity contribution < 1.29 is 9.59 Å². The molecule has 2 aliphatic rings. The zero-order valence-electron chi connectivity index (χ0n) is 16.2. The third-order valence-electron chi connectivity index (χ3n) is 6.27. The van der Waals surface area contributed by atoms with Crippen LogP contribution in [0.2, 0.25) is 0 Å². The molecule has 0 atom stereocenters. The first kappa shape index (κ1) is 18.9. The van der Waals surface area contributed by atoms with Crippen LogP contribution in [0.15, 0.2) is 24.3 Å². The fraction of sp³-hybridized carbons (Fsp3) is 0.636. The smallest absolute Gasteiger partial charge is 0.254 e. The Bertz CT molecular complexity index is 576. The van der Waals surface area contributed by atoms with Gasteiger partial charge in [-0.2, -0.15) is 0 Å². The van der Waals surface area contributed by atoms with Crippen molar-refractivity contribution >= 4 is 11.8 Å². The van der Waals surface area contributed by atoms with Gasteiger partial charge in [-0.3, -0.25) is 9.59 Å². The summed E-state index contributed by atoms with van der Waals surface area (Å²) >= 11 is 0. The highest BCUT2D eigenvalue weighted by molar-refractivity contribution is 6.07. The standard InChI is InChI=1S/C22H32N2O2/c1-23(17-11-5-3-6-12-17)21(25)19-15-9-10-16-20(19)22(26)24(2)18-13-7-4-8-14-18/h9-10,15-18H,3-8,11-14H2,1-2H3. The third kappa shape index (κ3) is 4.11. The molecule has 0 unspecified atom stereocenters. The largest absolute Gasteiger partial charge is 0.339 e. The normalized spacial score (nSPS) is 19.2. The summed E-state index contributed by atoms with van der Waals surface area (Å²) in [6, 6.07) is 7.94. The second kappa shape index (κ2) is 8.70. The van der Waals surface area contributed by atoms with Crippen LogP contribution in [0.5, 0.6) is 0 Å². The summed E-state index contributed by atoms with van der Waals surface area (Å²) in [7, 11) is 3.79. The number of carbonyl (C=O) groups excluding carboxylic acids is 2. The fourth-order valence-corrected chi connectivity index (χ4v) is 4.50. The molecule has 2 saturated carbocycles. The summed E-state index contributed by atoms with van der Waals surface area (Å²) < 4.78 is 0. The van der Waals surface area contributed by atoms with Gasteiger partial charge in [-0.1, -0.05) is 50.7 Å². The van der Waals surface area contributed by atoms with Crippen LogP contribution in [-0.2, 0) is 0 Å². The summed E-state index contributed by atoms with van der Waals surface area (Å²) in [4.78, 5) is 30.0. The van der Waals surface area contributed by atoms with E-state index in [1.807, 2.05) is 48.2 Å². The Labute approximate surface area is 157 Å². The van der Waals surface area contributed by atoms with Crippen molar-refractivity contribution in [2.75, 3.05) is 14.1 Å². The lowest BCUT2D eigenvalue weighted by molar-refractivity contribution is 0.0656. The Morgan fingerprint density at radius 1 is 0.692 bits per heavy atom. The van der Waals surface area contributed by atoms with Crippen molar-refractivity contribution in [3.8, 4) is 0 Å². The second-order valence-corrected chi connectivity index (χ2v) is 7.96. The predicted molar refractivity (Wildman–Crippen MR) is 104 cm³/mol. The second-order valence-electron chi connectivity index (χ2n) is 7.96. The molecule has 0 spiro atoms. The molecule has 3 rings (SSSR count). The van der Waals surface area contributed by atoms with Crippen LogP contribution in [-0.4, -0.2) is 47.8 Å². The van der Waals surface area contributed by atoms with Crippen molar-refractivity contribution in [1.82, 2.24) is 9.80 Å². The minimum atomic E-state index is -0.0158. The summed E-state index contributed by atoms with van der Waals surface area (Å²) in [6.07, 6.45) is 11.6. The van der Waals surface area contributed by atoms with E-state index < -0.39 is 0 Å². The Morgan fingerprint density at radius 2 is 1.04 bits per heavy atom. The maximum absolute atomic E-state index is 13.1. The van der Waals surface area contributed by atoms with Crippen LogP contribution in [0.1, 0.15) is 84.9 Å². The van der Waals surface area contributed by atoms with E-state index in [-0.39, 0.29) is 11.8 Å². The van der Waals surface area contributed by atoms with Gasteiger partial charge in [-0.15, -0.1) is 0 Å². The minimum Gasteiger partial charge on any atom is -0.339 e. The predicted octanol–water partition coefficient (Wildman–Crippen LogP) is 4.50. The van der Waals surface area contributed by atoms with Gasteiger partial charge in [0.2, 0.25) is 0 Å². The molecule has 2 fully saturated rings. The van der Waals surface area contributed by atoms with Gasteiger partial charge in [0.25, 0.3) is 11.8 Å². The maximum Gasteiger partial charge on any atom is 0.254 e. The Kier molecular flexibility index (Phi) is 6.33. The first-order chi connectivity index (χ1) is 12.6. The summed E-state index contributed by atoms with van der Waals surface area (Å²) in [5.41, 5.74) is 1.10. The molecule has 0 aliphatic heterocycles. The van der Waals surface area contributed by atoms with Crippen molar-refractivity contribution in [3.05, 3.63) is 35.4 Å². The van der Waals surface area contributed by atoms with Gasteiger partial charge in [0.05, 0.1) is 11.1 Å². The first-order valence-corrected chi connectivity index (χ1v) is 10.2. The summed E-state index contributed by atoms with van der Waals surface area (Å²) in [5.74, 6) is -0.0317. The number of amides is 2. The van der Waals surface area contributed by atoms with E-state index in [1.54, 1.807) is 0 Å². The molecular formula is C22H32N2O2. The van der Waals surface area contributed by atoms with Crippen LogP contribution in [0, 0.1) is 0 Å². The molecule has 4 heteroatoms. The van der Waals surface area contributed by atoms with Crippen molar-refractivity contribution in [2.45, 2.75) is 76.3 Å². The molecule has 0 radical (unpaired) electrons. The highest BCUT2D eigenvalue weighted by Crippen LogP contribution is 2.26. The molecule has 26 heavy (non-hydrogen) atoms. The molecule has 2 amide bonds. The van der Waals surface area contributed by atoms with Crippen LogP contribution in [0.4, 0.5) is 0 Å². The zero-order chi connectivity index (χ0) is 18.5. The molecule has 0 heterocycles. The Morgan fingerprint density at radius 3 is 1.38 bits per heavy atom. The molecule has 0 saturated heterocycles. The molecule has 1 aromatic rings. The molecule has 0 N–H and O–H groups in total. The molecular weight excluding hydrogens is 324 g/mol. The Balaban J connectivity index is 1.78. The highest BCUT2D eigenvalue weighted by Gasteiger charge is 2.29. The number of hydrogen-bond acceptors (Lipinski definition) is 2. The maximum atomic E-state index is 13.1. The van der Waals surface area contributed by atoms with Gasteiger partial charge < -0.3 is 9.80 Å². The van der Waals surface area contributed by atoms with E-state index in [0.717, 1.165) is 25.7 Å². The Hall–Kier alpha value is -1.84. The summed E-state index contributed by atoms with van der Waals surface area (Å²) in [6.45, 7) is 0. The van der Waals surface area contributed by atoms with Crippen LogP contribution in [0.3, 0.4) is 0 Å². The van der Waals surface area contributed by atoms with E-state index in [0.29, 0.717) is 23.2 Å². The van der Waals surface area contributed by atoms with Gasteiger partial charge >= 0.3 is 0 Å². The first-order valence-electron chi connectivity index (χ1n) is 10.2. The van der Waals surface area contributed by atoms with Crippen LogP contribution >= 0.6 is 0 Å². The van der Waals surface area contributed by atoms with Gasteiger partial charge in [-0.25, -0.2) is 0 Å². The van der Waals surface area contributed by atoms with E-state index >= 15 is 0 Å². The topological polar surface area (TPSA) is 40.6 Å².